The average molecular weight is 455 g/mol. The summed E-state index contributed by atoms with van der Waals surface area (Å²) in [5.41, 5.74) is 11.4. The van der Waals surface area contributed by atoms with Crippen molar-refractivity contribution in [2.45, 2.75) is 57.4 Å². The first kappa shape index (κ1) is 22.1. The molecular formula is C24H30N4O3S. The summed E-state index contributed by atoms with van der Waals surface area (Å²) >= 11 is 0. The van der Waals surface area contributed by atoms with Gasteiger partial charge in [0.25, 0.3) is 15.9 Å². The zero-order valence-corrected chi connectivity index (χ0v) is 19.6. The van der Waals surface area contributed by atoms with Crippen molar-refractivity contribution >= 4 is 21.6 Å². The fourth-order valence-corrected chi connectivity index (χ4v) is 5.00. The number of aryl methyl sites for hydroxylation is 3. The molecule has 0 radical (unpaired) electrons. The Hall–Kier alpha value is -3.13. The molecule has 0 atom stereocenters. The van der Waals surface area contributed by atoms with E-state index in [4.69, 9.17) is 10.8 Å². The van der Waals surface area contributed by atoms with Crippen LogP contribution < -0.4 is 10.5 Å². The fraction of sp³-hybridized carbons (Fsp3) is 0.333. The van der Waals surface area contributed by atoms with Gasteiger partial charge in [0.2, 0.25) is 0 Å². The summed E-state index contributed by atoms with van der Waals surface area (Å²) in [6, 6.07) is 11.8. The van der Waals surface area contributed by atoms with E-state index in [1.165, 1.54) is 23.8 Å². The number of hydrogen-bond acceptors (Lipinski definition) is 5. The zero-order chi connectivity index (χ0) is 23.3. The van der Waals surface area contributed by atoms with Crippen molar-refractivity contribution in [3.63, 3.8) is 0 Å². The van der Waals surface area contributed by atoms with Gasteiger partial charge in [-0.3, -0.25) is 9.48 Å². The van der Waals surface area contributed by atoms with Gasteiger partial charge in [0, 0.05) is 12.5 Å². The fourth-order valence-electron chi connectivity index (χ4n) is 3.98. The van der Waals surface area contributed by atoms with Crippen LogP contribution in [0.25, 0.3) is 0 Å². The van der Waals surface area contributed by atoms with Gasteiger partial charge in [0.1, 0.15) is 5.69 Å². The van der Waals surface area contributed by atoms with Crippen LogP contribution in [0, 0.1) is 20.8 Å². The molecule has 170 valence electrons. The molecule has 32 heavy (non-hydrogen) atoms. The van der Waals surface area contributed by atoms with Gasteiger partial charge >= 0.3 is 0 Å². The van der Waals surface area contributed by atoms with Crippen LogP contribution in [-0.2, 0) is 22.0 Å². The third-order valence-electron chi connectivity index (χ3n) is 6.17. The molecule has 1 heterocycles. The molecule has 0 saturated heterocycles. The molecule has 0 bridgehead atoms. The van der Waals surface area contributed by atoms with E-state index in [2.05, 4.69) is 23.8 Å². The van der Waals surface area contributed by atoms with Crippen LogP contribution in [0.5, 0.6) is 0 Å². The van der Waals surface area contributed by atoms with E-state index in [1.54, 1.807) is 16.8 Å². The summed E-state index contributed by atoms with van der Waals surface area (Å²) in [5, 5.41) is 4.72. The number of benzene rings is 2. The first-order chi connectivity index (χ1) is 15.0. The Bertz CT molecular complexity index is 1300. The first-order valence-corrected chi connectivity index (χ1v) is 12.0. The van der Waals surface area contributed by atoms with Crippen molar-refractivity contribution < 1.29 is 14.6 Å². The lowest BCUT2D eigenvalue weighted by Crippen LogP contribution is -2.32. The average Bonchev–Trinajstić information content (AvgIpc) is 3.30. The summed E-state index contributed by atoms with van der Waals surface area (Å²) in [6.07, 6.45) is 1.99. The number of nitrogen functional groups attached to an aromatic ring is 1. The number of nitrogens with two attached hydrogens (primary N) is 1. The summed E-state index contributed by atoms with van der Waals surface area (Å²) < 4.78 is 29.4. The number of nitrogens with zero attached hydrogens (tertiary/aromatic N) is 2. The van der Waals surface area contributed by atoms with Gasteiger partial charge in [-0.2, -0.15) is 5.10 Å². The van der Waals surface area contributed by atoms with E-state index in [0.717, 1.165) is 35.2 Å². The van der Waals surface area contributed by atoms with Gasteiger partial charge in [-0.25, -0.2) is 13.1 Å². The minimum absolute atomic E-state index is 0. The molecule has 1 aromatic heterocycles. The highest BCUT2D eigenvalue weighted by atomic mass is 32.2. The summed E-state index contributed by atoms with van der Waals surface area (Å²) in [7, 11) is -4.07. The third-order valence-corrected chi connectivity index (χ3v) is 7.50. The minimum atomic E-state index is -4.07. The number of sulfonamides is 1. The molecule has 1 aliphatic rings. The monoisotopic (exact) mass is 454 g/mol. The highest BCUT2D eigenvalue weighted by Crippen LogP contribution is 2.47. The Morgan fingerprint density at radius 3 is 2.41 bits per heavy atom. The molecule has 7 nitrogen and oxygen atoms in total. The third kappa shape index (κ3) is 4.27. The maximum absolute atomic E-state index is 13.1. The Balaban J connectivity index is 0.00000306. The molecule has 1 aliphatic carbocycles. The van der Waals surface area contributed by atoms with E-state index in [0.29, 0.717) is 12.2 Å². The molecule has 1 fully saturated rings. The van der Waals surface area contributed by atoms with Crippen LogP contribution in [0.4, 0.5) is 5.69 Å². The lowest BCUT2D eigenvalue weighted by molar-refractivity contribution is 0.0971. The van der Waals surface area contributed by atoms with Crippen molar-refractivity contribution in [2.75, 3.05) is 5.73 Å². The number of amides is 1. The number of hydrogen-bond donors (Lipinski definition) is 2. The van der Waals surface area contributed by atoms with Crippen LogP contribution in [-0.4, -0.2) is 24.1 Å². The molecule has 8 heteroatoms. The number of nitrogens with one attached hydrogen (secondary N) is 1. The van der Waals surface area contributed by atoms with Crippen molar-refractivity contribution in [1.29, 1.82) is 0 Å². The quantitative estimate of drug-likeness (QED) is 0.550. The van der Waals surface area contributed by atoms with Crippen molar-refractivity contribution in [3.05, 3.63) is 76.1 Å². The number of carbonyl (C=O) groups is 1. The predicted octanol–water partition coefficient (Wildman–Crippen LogP) is 3.86. The molecule has 0 aliphatic heterocycles. The SMILES string of the molecule is Cc1cc(C)c(Cn2nc(C3(C)CC3)cc2C(=O)NS(=O)(=O)c2cccc(N)c2)c(C)c1.[HH]. The predicted molar refractivity (Wildman–Crippen MR) is 126 cm³/mol. The van der Waals surface area contributed by atoms with Crippen molar-refractivity contribution in [3.8, 4) is 0 Å². The number of rotatable bonds is 6. The second-order valence-corrected chi connectivity index (χ2v) is 10.7. The lowest BCUT2D eigenvalue weighted by Gasteiger charge is -2.14. The van der Waals surface area contributed by atoms with Crippen LogP contribution in [0.15, 0.2) is 47.4 Å². The van der Waals surface area contributed by atoms with E-state index >= 15 is 0 Å². The number of aromatic nitrogens is 2. The highest BCUT2D eigenvalue weighted by molar-refractivity contribution is 7.90. The van der Waals surface area contributed by atoms with E-state index < -0.39 is 15.9 Å². The van der Waals surface area contributed by atoms with Crippen LogP contribution in [0.2, 0.25) is 0 Å². The Kier molecular flexibility index (Phi) is 5.36. The molecular weight excluding hydrogens is 424 g/mol. The molecule has 1 amide bonds. The zero-order valence-electron chi connectivity index (χ0n) is 18.8. The maximum atomic E-state index is 13.1. The second kappa shape index (κ2) is 7.78. The summed E-state index contributed by atoms with van der Waals surface area (Å²) in [5.74, 6) is -0.710. The summed E-state index contributed by atoms with van der Waals surface area (Å²) in [4.78, 5) is 13.1. The first-order valence-electron chi connectivity index (χ1n) is 10.6. The van der Waals surface area contributed by atoms with Gasteiger partial charge in [-0.15, -0.1) is 0 Å². The normalized spacial score (nSPS) is 14.9. The van der Waals surface area contributed by atoms with Crippen LogP contribution in [0.3, 0.4) is 0 Å². The van der Waals surface area contributed by atoms with Gasteiger partial charge in [-0.1, -0.05) is 30.7 Å². The molecule has 4 rings (SSSR count). The smallest absolute Gasteiger partial charge is 0.283 e. The van der Waals surface area contributed by atoms with Crippen LogP contribution in [0.1, 0.15) is 59.6 Å². The van der Waals surface area contributed by atoms with E-state index in [1.807, 2.05) is 20.8 Å². The van der Waals surface area contributed by atoms with Gasteiger partial charge in [0.15, 0.2) is 0 Å². The highest BCUT2D eigenvalue weighted by Gasteiger charge is 2.42. The number of carbonyl (C=O) groups excluding carboxylic acids is 1. The van der Waals surface area contributed by atoms with Gasteiger partial charge in [-0.05, 0) is 74.6 Å². The number of anilines is 1. The molecule has 3 aromatic rings. The van der Waals surface area contributed by atoms with Gasteiger partial charge < -0.3 is 5.73 Å². The summed E-state index contributed by atoms with van der Waals surface area (Å²) in [6.45, 7) is 8.60. The van der Waals surface area contributed by atoms with E-state index in [-0.39, 0.29) is 17.4 Å². The maximum Gasteiger partial charge on any atom is 0.283 e. The van der Waals surface area contributed by atoms with Crippen molar-refractivity contribution in [2.24, 2.45) is 0 Å². The van der Waals surface area contributed by atoms with Gasteiger partial charge in [0.05, 0.1) is 17.1 Å². The molecule has 1 saturated carbocycles. The Labute approximate surface area is 190 Å². The minimum Gasteiger partial charge on any atom is -0.399 e. The topological polar surface area (TPSA) is 107 Å². The largest absolute Gasteiger partial charge is 0.399 e. The van der Waals surface area contributed by atoms with Crippen LogP contribution >= 0.6 is 0 Å². The Morgan fingerprint density at radius 1 is 1.16 bits per heavy atom. The standard InChI is InChI=1S/C24H28N4O3S.H2/c1-15-10-16(2)20(17(3)11-15)14-28-21(13-22(26-28)24(4)8-9-24)23(29)27-32(30,31)19-7-5-6-18(25)12-19;/h5-7,10-13H,8-9,14,25H2,1-4H3,(H,27,29);1H. The lowest BCUT2D eigenvalue weighted by atomic mass is 10.00. The molecule has 3 N–H and O–H groups in total. The van der Waals surface area contributed by atoms with E-state index in [9.17, 15) is 13.2 Å². The molecule has 0 unspecified atom stereocenters. The Morgan fingerprint density at radius 2 is 1.81 bits per heavy atom. The second-order valence-electron chi connectivity index (χ2n) is 9.02. The molecule has 2 aromatic carbocycles. The molecule has 0 spiro atoms. The van der Waals surface area contributed by atoms with Crippen molar-refractivity contribution in [1.82, 2.24) is 14.5 Å².